The number of rotatable bonds is 4. The Morgan fingerprint density at radius 1 is 1.47 bits per heavy atom. The van der Waals surface area contributed by atoms with Gasteiger partial charge in [-0.05, 0) is 31.5 Å². The van der Waals surface area contributed by atoms with Crippen LogP contribution in [0.15, 0.2) is 23.1 Å². The maximum Gasteiger partial charge on any atom is 0.243 e. The van der Waals surface area contributed by atoms with Crippen LogP contribution >= 0.6 is 0 Å². The highest BCUT2D eigenvalue weighted by molar-refractivity contribution is 7.89. The Morgan fingerprint density at radius 2 is 2.06 bits per heavy atom. The molecule has 1 atom stereocenters. The Morgan fingerprint density at radius 3 is 2.59 bits per heavy atom. The first kappa shape index (κ1) is 14.1. The lowest BCUT2D eigenvalue weighted by atomic mass is 10.2. The quantitative estimate of drug-likeness (QED) is 0.884. The van der Waals surface area contributed by atoms with Gasteiger partial charge in [0.15, 0.2) is 0 Å². The second kappa shape index (κ2) is 5.12. The summed E-state index contributed by atoms with van der Waals surface area (Å²) in [4.78, 5) is -0.0692. The van der Waals surface area contributed by atoms with Gasteiger partial charge in [-0.25, -0.2) is 12.8 Å². The largest absolute Gasteiger partial charge is 0.395 e. The third-order valence-corrected chi connectivity index (χ3v) is 4.81. The van der Waals surface area contributed by atoms with Gasteiger partial charge < -0.3 is 5.11 Å². The molecule has 1 aromatic rings. The number of aliphatic hydroxyl groups is 1. The van der Waals surface area contributed by atoms with Gasteiger partial charge in [-0.1, -0.05) is 6.07 Å². The fraction of sp³-hybridized carbons (Fsp3) is 0.455. The highest BCUT2D eigenvalue weighted by Gasteiger charge is 2.26. The molecule has 96 valence electrons. The van der Waals surface area contributed by atoms with Crippen LogP contribution in [0.3, 0.4) is 0 Å². The first-order chi connectivity index (χ1) is 7.80. The highest BCUT2D eigenvalue weighted by Crippen LogP contribution is 2.21. The Kier molecular flexibility index (Phi) is 4.24. The Balaban J connectivity index is 3.26. The van der Waals surface area contributed by atoms with Gasteiger partial charge in [-0.3, -0.25) is 0 Å². The summed E-state index contributed by atoms with van der Waals surface area (Å²) in [6.45, 7) is 2.89. The first-order valence-electron chi connectivity index (χ1n) is 5.15. The van der Waals surface area contributed by atoms with Crippen LogP contribution in [0.2, 0.25) is 0 Å². The molecule has 0 saturated carbocycles. The van der Waals surface area contributed by atoms with Gasteiger partial charge >= 0.3 is 0 Å². The van der Waals surface area contributed by atoms with E-state index in [2.05, 4.69) is 0 Å². The zero-order valence-electron chi connectivity index (χ0n) is 10.0. The lowest BCUT2D eigenvalue weighted by molar-refractivity contribution is 0.213. The van der Waals surface area contributed by atoms with Crippen molar-refractivity contribution < 1.29 is 17.9 Å². The highest BCUT2D eigenvalue weighted by atomic mass is 32.2. The standard InChI is InChI=1S/C11H16FNO3S/c1-8-4-5-10(12)6-11(8)17(15,16)13(3)9(2)7-14/h4-6,9,14H,7H2,1-3H3. The summed E-state index contributed by atoms with van der Waals surface area (Å²) >= 11 is 0. The average molecular weight is 261 g/mol. The van der Waals surface area contributed by atoms with E-state index in [1.165, 1.54) is 19.2 Å². The van der Waals surface area contributed by atoms with Crippen molar-refractivity contribution in [2.24, 2.45) is 0 Å². The maximum absolute atomic E-state index is 13.1. The van der Waals surface area contributed by atoms with Crippen LogP contribution in [0, 0.1) is 12.7 Å². The minimum atomic E-state index is -3.77. The minimum absolute atomic E-state index is 0.0692. The zero-order valence-corrected chi connectivity index (χ0v) is 10.8. The van der Waals surface area contributed by atoms with Gasteiger partial charge in [0.25, 0.3) is 0 Å². The fourth-order valence-electron chi connectivity index (χ4n) is 1.36. The molecule has 0 bridgehead atoms. The van der Waals surface area contributed by atoms with Crippen LogP contribution in [-0.2, 0) is 10.0 Å². The van der Waals surface area contributed by atoms with Crippen molar-refractivity contribution in [2.45, 2.75) is 24.8 Å². The van der Waals surface area contributed by atoms with E-state index >= 15 is 0 Å². The smallest absolute Gasteiger partial charge is 0.243 e. The predicted octanol–water partition coefficient (Wildman–Crippen LogP) is 1.14. The summed E-state index contributed by atoms with van der Waals surface area (Å²) in [7, 11) is -2.41. The number of likely N-dealkylation sites (N-methyl/N-ethyl adjacent to an activating group) is 1. The molecule has 0 aliphatic rings. The second-order valence-electron chi connectivity index (χ2n) is 3.96. The molecule has 0 spiro atoms. The molecule has 4 nitrogen and oxygen atoms in total. The molecule has 1 unspecified atom stereocenters. The Bertz CT molecular complexity index is 501. The van der Waals surface area contributed by atoms with Crippen molar-refractivity contribution >= 4 is 10.0 Å². The van der Waals surface area contributed by atoms with Crippen LogP contribution in [0.25, 0.3) is 0 Å². The third kappa shape index (κ3) is 2.83. The minimum Gasteiger partial charge on any atom is -0.395 e. The van der Waals surface area contributed by atoms with Crippen molar-refractivity contribution in [1.29, 1.82) is 0 Å². The van der Waals surface area contributed by atoms with E-state index in [1.807, 2.05) is 0 Å². The summed E-state index contributed by atoms with van der Waals surface area (Å²) in [6, 6.07) is 3.07. The number of nitrogens with zero attached hydrogens (tertiary/aromatic N) is 1. The maximum atomic E-state index is 13.1. The molecule has 0 radical (unpaired) electrons. The van der Waals surface area contributed by atoms with Gasteiger partial charge in [0.2, 0.25) is 10.0 Å². The SMILES string of the molecule is Cc1ccc(F)cc1S(=O)(=O)N(C)C(C)CO. The number of aliphatic hydroxyl groups excluding tert-OH is 1. The van der Waals surface area contributed by atoms with E-state index in [9.17, 15) is 12.8 Å². The molecule has 0 fully saturated rings. The molecule has 17 heavy (non-hydrogen) atoms. The van der Waals surface area contributed by atoms with Crippen LogP contribution in [-0.4, -0.2) is 37.5 Å². The molecule has 1 aromatic carbocycles. The molecule has 0 aliphatic carbocycles. The van der Waals surface area contributed by atoms with Crippen LogP contribution < -0.4 is 0 Å². The Labute approximate surface area is 101 Å². The van der Waals surface area contributed by atoms with Crippen LogP contribution in [0.4, 0.5) is 4.39 Å². The number of hydrogen-bond donors (Lipinski definition) is 1. The molecular formula is C11H16FNO3S. The van der Waals surface area contributed by atoms with E-state index in [4.69, 9.17) is 5.11 Å². The van der Waals surface area contributed by atoms with Crippen molar-refractivity contribution in [1.82, 2.24) is 4.31 Å². The predicted molar refractivity (Wildman–Crippen MR) is 62.6 cm³/mol. The summed E-state index contributed by atoms with van der Waals surface area (Å²) in [5.74, 6) is -0.598. The van der Waals surface area contributed by atoms with E-state index in [1.54, 1.807) is 13.8 Å². The number of benzene rings is 1. The van der Waals surface area contributed by atoms with Crippen molar-refractivity contribution in [3.63, 3.8) is 0 Å². The third-order valence-electron chi connectivity index (χ3n) is 2.69. The van der Waals surface area contributed by atoms with E-state index in [0.717, 1.165) is 10.4 Å². The summed E-state index contributed by atoms with van der Waals surface area (Å²) in [5.41, 5.74) is 0.475. The first-order valence-corrected chi connectivity index (χ1v) is 6.59. The van der Waals surface area contributed by atoms with E-state index in [-0.39, 0.29) is 11.5 Å². The lowest BCUT2D eigenvalue weighted by Crippen LogP contribution is -2.37. The van der Waals surface area contributed by atoms with Crippen LogP contribution in [0.5, 0.6) is 0 Å². The molecule has 0 saturated heterocycles. The van der Waals surface area contributed by atoms with E-state index in [0.29, 0.717) is 5.56 Å². The second-order valence-corrected chi connectivity index (χ2v) is 5.93. The van der Waals surface area contributed by atoms with Crippen LogP contribution in [0.1, 0.15) is 12.5 Å². The summed E-state index contributed by atoms with van der Waals surface area (Å²) < 4.78 is 38.4. The average Bonchev–Trinajstić information content (AvgIpc) is 2.30. The topological polar surface area (TPSA) is 57.6 Å². The number of halogens is 1. The van der Waals surface area contributed by atoms with Crippen molar-refractivity contribution in [2.75, 3.05) is 13.7 Å². The number of hydrogen-bond acceptors (Lipinski definition) is 3. The van der Waals surface area contributed by atoms with Gasteiger partial charge in [-0.15, -0.1) is 0 Å². The fourth-order valence-corrected chi connectivity index (χ4v) is 2.95. The molecule has 0 aromatic heterocycles. The molecule has 1 N–H and O–H groups in total. The monoisotopic (exact) mass is 261 g/mol. The van der Waals surface area contributed by atoms with Gasteiger partial charge in [0, 0.05) is 13.1 Å². The molecule has 0 amide bonds. The normalized spacial score (nSPS) is 14.0. The zero-order chi connectivity index (χ0) is 13.2. The van der Waals surface area contributed by atoms with Crippen molar-refractivity contribution in [3.05, 3.63) is 29.6 Å². The molecule has 6 heteroatoms. The number of sulfonamides is 1. The van der Waals surface area contributed by atoms with Gasteiger partial charge in [-0.2, -0.15) is 4.31 Å². The summed E-state index contributed by atoms with van der Waals surface area (Å²) in [5, 5.41) is 8.96. The van der Waals surface area contributed by atoms with Crippen molar-refractivity contribution in [3.8, 4) is 0 Å². The lowest BCUT2D eigenvalue weighted by Gasteiger charge is -2.23. The Hall–Kier alpha value is -0.980. The molecule has 0 aliphatic heterocycles. The summed E-state index contributed by atoms with van der Waals surface area (Å²) in [6.07, 6.45) is 0. The van der Waals surface area contributed by atoms with Gasteiger partial charge in [0.05, 0.1) is 11.5 Å². The number of aryl methyl sites for hydroxylation is 1. The molecular weight excluding hydrogens is 245 g/mol. The van der Waals surface area contributed by atoms with Gasteiger partial charge in [0.1, 0.15) is 5.82 Å². The molecule has 0 heterocycles. The van der Waals surface area contributed by atoms with E-state index < -0.39 is 21.9 Å². The molecule has 1 rings (SSSR count).